The molecule has 1 aromatic carbocycles. The van der Waals surface area contributed by atoms with E-state index in [4.69, 9.17) is 5.11 Å². The van der Waals surface area contributed by atoms with E-state index in [0.717, 1.165) is 6.07 Å². The molecule has 0 radical (unpaired) electrons. The van der Waals surface area contributed by atoms with E-state index in [-0.39, 0.29) is 17.4 Å². The number of rotatable bonds is 7. The molecule has 0 saturated carbocycles. The summed E-state index contributed by atoms with van der Waals surface area (Å²) in [6.07, 6.45) is 0.521. The lowest BCUT2D eigenvalue weighted by Crippen LogP contribution is -2.26. The molecule has 20 heavy (non-hydrogen) atoms. The maximum Gasteiger partial charge on any atom is 0.303 e. The zero-order valence-electron chi connectivity index (χ0n) is 10.2. The Morgan fingerprint density at radius 1 is 1.30 bits per heavy atom. The SMILES string of the molecule is O=C(O)CCCCNS(=O)(=O)c1c(F)cc(F)cc1Br. The number of carbonyl (C=O) groups is 1. The highest BCUT2D eigenvalue weighted by molar-refractivity contribution is 9.10. The molecule has 9 heteroatoms. The summed E-state index contributed by atoms with van der Waals surface area (Å²) in [5.74, 6) is -3.06. The minimum atomic E-state index is -4.13. The summed E-state index contributed by atoms with van der Waals surface area (Å²) < 4.78 is 52.1. The van der Waals surface area contributed by atoms with Crippen molar-refractivity contribution in [3.8, 4) is 0 Å². The Hall–Kier alpha value is -1.06. The zero-order chi connectivity index (χ0) is 15.3. The number of hydrogen-bond donors (Lipinski definition) is 2. The predicted octanol–water partition coefficient (Wildman–Crippen LogP) is 2.26. The summed E-state index contributed by atoms with van der Waals surface area (Å²) in [5, 5.41) is 8.42. The van der Waals surface area contributed by atoms with E-state index in [1.54, 1.807) is 0 Å². The normalized spacial score (nSPS) is 11.6. The van der Waals surface area contributed by atoms with Crippen molar-refractivity contribution in [2.45, 2.75) is 24.2 Å². The van der Waals surface area contributed by atoms with E-state index in [0.29, 0.717) is 18.9 Å². The van der Waals surface area contributed by atoms with Gasteiger partial charge in [0.05, 0.1) is 0 Å². The second-order valence-corrected chi connectivity index (χ2v) is 6.51. The van der Waals surface area contributed by atoms with Crippen LogP contribution in [0, 0.1) is 11.6 Å². The molecule has 0 atom stereocenters. The Morgan fingerprint density at radius 3 is 2.50 bits per heavy atom. The van der Waals surface area contributed by atoms with E-state index in [1.165, 1.54) is 0 Å². The molecule has 1 rings (SSSR count). The molecule has 0 aliphatic heterocycles. The van der Waals surface area contributed by atoms with Crippen molar-refractivity contribution in [1.29, 1.82) is 0 Å². The highest BCUT2D eigenvalue weighted by atomic mass is 79.9. The summed E-state index contributed by atoms with van der Waals surface area (Å²) >= 11 is 2.80. The van der Waals surface area contributed by atoms with Gasteiger partial charge in [0.25, 0.3) is 0 Å². The first-order valence-corrected chi connectivity index (χ1v) is 7.87. The van der Waals surface area contributed by atoms with Crippen LogP contribution in [0.1, 0.15) is 19.3 Å². The van der Waals surface area contributed by atoms with Gasteiger partial charge in [0.2, 0.25) is 10.0 Å². The minimum absolute atomic E-state index is 0.0289. The monoisotopic (exact) mass is 371 g/mol. The molecule has 0 aliphatic rings. The van der Waals surface area contributed by atoms with Gasteiger partial charge in [0, 0.05) is 23.5 Å². The lowest BCUT2D eigenvalue weighted by atomic mass is 10.2. The molecule has 0 aromatic heterocycles. The molecule has 0 fully saturated rings. The maximum absolute atomic E-state index is 13.5. The lowest BCUT2D eigenvalue weighted by Gasteiger charge is -2.09. The van der Waals surface area contributed by atoms with Gasteiger partial charge in [-0.3, -0.25) is 4.79 Å². The van der Waals surface area contributed by atoms with E-state index in [9.17, 15) is 22.0 Å². The van der Waals surface area contributed by atoms with Gasteiger partial charge in [0.1, 0.15) is 16.5 Å². The van der Waals surface area contributed by atoms with Crippen LogP contribution in [-0.2, 0) is 14.8 Å². The zero-order valence-corrected chi connectivity index (χ0v) is 12.6. The first kappa shape index (κ1) is 17.0. The Morgan fingerprint density at radius 2 is 1.95 bits per heavy atom. The number of halogens is 3. The standard InChI is InChI=1S/C11H12BrF2NO4S/c12-8-5-7(13)6-9(14)11(8)20(18,19)15-4-2-1-3-10(16)17/h5-6,15H,1-4H2,(H,16,17). The van der Waals surface area contributed by atoms with Gasteiger partial charge in [-0.2, -0.15) is 0 Å². The largest absolute Gasteiger partial charge is 0.481 e. The van der Waals surface area contributed by atoms with E-state index in [1.807, 2.05) is 0 Å². The first-order chi connectivity index (χ1) is 9.24. The van der Waals surface area contributed by atoms with E-state index < -0.39 is 32.5 Å². The third kappa shape index (κ3) is 4.80. The number of unbranched alkanes of at least 4 members (excludes halogenated alkanes) is 1. The molecule has 112 valence electrons. The summed E-state index contributed by atoms with van der Waals surface area (Å²) in [6.45, 7) is -0.0289. The quantitative estimate of drug-likeness (QED) is 0.720. The van der Waals surface area contributed by atoms with Gasteiger partial charge in [-0.1, -0.05) is 0 Å². The van der Waals surface area contributed by atoms with Crippen LogP contribution in [0.3, 0.4) is 0 Å². The molecular weight excluding hydrogens is 360 g/mol. The van der Waals surface area contributed by atoms with Gasteiger partial charge in [-0.15, -0.1) is 0 Å². The highest BCUT2D eigenvalue weighted by Crippen LogP contribution is 2.26. The lowest BCUT2D eigenvalue weighted by molar-refractivity contribution is -0.137. The average Bonchev–Trinajstić information content (AvgIpc) is 2.25. The topological polar surface area (TPSA) is 83.5 Å². The number of aliphatic carboxylic acids is 1. The third-order valence-electron chi connectivity index (χ3n) is 2.34. The molecule has 5 nitrogen and oxygen atoms in total. The molecule has 0 saturated heterocycles. The van der Waals surface area contributed by atoms with Gasteiger partial charge in [0.15, 0.2) is 0 Å². The summed E-state index contributed by atoms with van der Waals surface area (Å²) in [7, 11) is -4.13. The second-order valence-electron chi connectivity index (χ2n) is 3.95. The smallest absolute Gasteiger partial charge is 0.303 e. The number of benzene rings is 1. The first-order valence-electron chi connectivity index (χ1n) is 5.60. The fraction of sp³-hybridized carbons (Fsp3) is 0.364. The maximum atomic E-state index is 13.5. The highest BCUT2D eigenvalue weighted by Gasteiger charge is 2.23. The van der Waals surface area contributed by atoms with Crippen molar-refractivity contribution in [2.75, 3.05) is 6.54 Å². The Bertz CT molecular complexity index is 583. The minimum Gasteiger partial charge on any atom is -0.481 e. The Kier molecular flexibility index (Phi) is 6.03. The van der Waals surface area contributed by atoms with E-state index >= 15 is 0 Å². The summed E-state index contributed by atoms with van der Waals surface area (Å²) in [4.78, 5) is 9.60. The van der Waals surface area contributed by atoms with Crippen LogP contribution in [0.25, 0.3) is 0 Å². The van der Waals surface area contributed by atoms with Crippen molar-refractivity contribution >= 4 is 31.9 Å². The molecule has 0 bridgehead atoms. The summed E-state index contributed by atoms with van der Waals surface area (Å²) in [5.41, 5.74) is 0. The number of sulfonamides is 1. The molecule has 2 N–H and O–H groups in total. The molecular formula is C11H12BrF2NO4S. The van der Waals surface area contributed by atoms with E-state index in [2.05, 4.69) is 20.7 Å². The van der Waals surface area contributed by atoms with Crippen molar-refractivity contribution < 1.29 is 27.1 Å². The number of carboxylic acids is 1. The van der Waals surface area contributed by atoms with Crippen LogP contribution < -0.4 is 4.72 Å². The van der Waals surface area contributed by atoms with Crippen molar-refractivity contribution in [1.82, 2.24) is 4.72 Å². The van der Waals surface area contributed by atoms with Crippen LogP contribution in [0.5, 0.6) is 0 Å². The van der Waals surface area contributed by atoms with Crippen LogP contribution >= 0.6 is 15.9 Å². The van der Waals surface area contributed by atoms with Gasteiger partial charge in [-0.25, -0.2) is 21.9 Å². The van der Waals surface area contributed by atoms with Crippen LogP contribution in [-0.4, -0.2) is 26.0 Å². The van der Waals surface area contributed by atoms with Crippen LogP contribution in [0.4, 0.5) is 8.78 Å². The molecule has 0 heterocycles. The summed E-state index contributed by atoms with van der Waals surface area (Å²) in [6, 6.07) is 1.33. The van der Waals surface area contributed by atoms with Crippen molar-refractivity contribution in [3.63, 3.8) is 0 Å². The third-order valence-corrected chi connectivity index (χ3v) is 4.77. The molecule has 0 spiro atoms. The molecule has 0 aliphatic carbocycles. The average molecular weight is 372 g/mol. The van der Waals surface area contributed by atoms with Crippen molar-refractivity contribution in [3.05, 3.63) is 28.2 Å². The Labute approximate surface area is 123 Å². The second kappa shape index (κ2) is 7.09. The van der Waals surface area contributed by atoms with Gasteiger partial charge >= 0.3 is 5.97 Å². The van der Waals surface area contributed by atoms with Crippen LogP contribution in [0.2, 0.25) is 0 Å². The Balaban J connectivity index is 2.73. The number of carboxylic acid groups (broad SMARTS) is 1. The number of nitrogens with one attached hydrogen (secondary N) is 1. The van der Waals surface area contributed by atoms with Gasteiger partial charge < -0.3 is 5.11 Å². The fourth-order valence-corrected chi connectivity index (χ4v) is 3.70. The van der Waals surface area contributed by atoms with Crippen LogP contribution in [0.15, 0.2) is 21.5 Å². The van der Waals surface area contributed by atoms with Gasteiger partial charge in [-0.05, 0) is 34.8 Å². The van der Waals surface area contributed by atoms with Crippen molar-refractivity contribution in [2.24, 2.45) is 0 Å². The predicted molar refractivity (Wildman–Crippen MR) is 70.7 cm³/mol. The molecule has 0 unspecified atom stereocenters. The molecule has 1 aromatic rings. The fourth-order valence-electron chi connectivity index (χ4n) is 1.47. The molecule has 0 amide bonds. The number of hydrogen-bond acceptors (Lipinski definition) is 3.